The third-order valence-corrected chi connectivity index (χ3v) is 3.83. The zero-order valence-corrected chi connectivity index (χ0v) is 12.8. The lowest BCUT2D eigenvalue weighted by Gasteiger charge is -2.37. The van der Waals surface area contributed by atoms with Crippen LogP contribution >= 0.6 is 0 Å². The fraction of sp³-hybridized carbons (Fsp3) is 0.625. The Morgan fingerprint density at radius 3 is 2.82 bits per heavy atom. The summed E-state index contributed by atoms with van der Waals surface area (Å²) in [6.07, 6.45) is 2.00. The number of ether oxygens (including phenoxy) is 2. The van der Waals surface area contributed by atoms with Crippen molar-refractivity contribution in [3.8, 4) is 0 Å². The van der Waals surface area contributed by atoms with Crippen LogP contribution in [-0.2, 0) is 9.47 Å². The van der Waals surface area contributed by atoms with Crippen molar-refractivity contribution in [1.82, 2.24) is 0 Å². The first-order chi connectivity index (χ1) is 10.8. The predicted molar refractivity (Wildman–Crippen MR) is 83.1 cm³/mol. The maximum atomic E-state index is 10.4. The van der Waals surface area contributed by atoms with E-state index in [1.807, 2.05) is 30.3 Å². The summed E-state index contributed by atoms with van der Waals surface area (Å²) < 4.78 is 11.5. The van der Waals surface area contributed by atoms with Gasteiger partial charge >= 0.3 is 0 Å². The van der Waals surface area contributed by atoms with Gasteiger partial charge in [0.2, 0.25) is 0 Å². The minimum Gasteiger partial charge on any atom is -0.390 e. The fourth-order valence-electron chi connectivity index (χ4n) is 2.62. The summed E-state index contributed by atoms with van der Waals surface area (Å²) in [5, 5.41) is 14.1. The highest BCUT2D eigenvalue weighted by Crippen LogP contribution is 2.30. The average Bonchev–Trinajstić information content (AvgIpc) is 2.56. The van der Waals surface area contributed by atoms with Crippen molar-refractivity contribution in [2.75, 3.05) is 6.61 Å². The summed E-state index contributed by atoms with van der Waals surface area (Å²) in [5.74, 6) is 0. The molecule has 1 saturated heterocycles. The minimum absolute atomic E-state index is 0.249. The molecule has 1 N–H and O–H groups in total. The molecule has 0 spiro atoms. The summed E-state index contributed by atoms with van der Waals surface area (Å²) in [5.41, 5.74) is 9.58. The number of azide groups is 1. The van der Waals surface area contributed by atoms with Crippen LogP contribution in [0, 0.1) is 0 Å². The van der Waals surface area contributed by atoms with Crippen molar-refractivity contribution in [2.45, 2.75) is 57.1 Å². The summed E-state index contributed by atoms with van der Waals surface area (Å²) in [6.45, 7) is 2.37. The Hall–Kier alpha value is -1.59. The van der Waals surface area contributed by atoms with E-state index < -0.39 is 24.5 Å². The van der Waals surface area contributed by atoms with Crippen LogP contribution < -0.4 is 0 Å². The van der Waals surface area contributed by atoms with Gasteiger partial charge in [-0.3, -0.25) is 0 Å². The van der Waals surface area contributed by atoms with Crippen molar-refractivity contribution >= 4 is 0 Å². The molecular weight excluding hydrogens is 282 g/mol. The molecule has 0 bridgehead atoms. The molecule has 1 aliphatic rings. The van der Waals surface area contributed by atoms with Crippen molar-refractivity contribution in [3.05, 3.63) is 46.3 Å². The summed E-state index contributed by atoms with van der Waals surface area (Å²) in [4.78, 5) is 2.84. The van der Waals surface area contributed by atoms with Crippen LogP contribution in [0.4, 0.5) is 0 Å². The first-order valence-electron chi connectivity index (χ1n) is 7.80. The highest BCUT2D eigenvalue weighted by Gasteiger charge is 2.36. The molecule has 0 saturated carbocycles. The quantitative estimate of drug-likeness (QED) is 0.360. The molecule has 1 heterocycles. The molecule has 6 heteroatoms. The molecular formula is C16H23N3O3. The lowest BCUT2D eigenvalue weighted by Crippen LogP contribution is -2.46. The number of aliphatic hydroxyl groups excluding tert-OH is 1. The molecule has 1 aliphatic heterocycles. The van der Waals surface area contributed by atoms with Crippen molar-refractivity contribution in [1.29, 1.82) is 0 Å². The second-order valence-corrected chi connectivity index (χ2v) is 5.51. The first kappa shape index (κ1) is 16.8. The van der Waals surface area contributed by atoms with Crippen LogP contribution in [0.2, 0.25) is 0 Å². The number of benzene rings is 1. The topological polar surface area (TPSA) is 87.5 Å². The first-order valence-corrected chi connectivity index (χ1v) is 7.80. The Kier molecular flexibility index (Phi) is 6.68. The molecule has 3 unspecified atom stereocenters. The van der Waals surface area contributed by atoms with Gasteiger partial charge in [-0.25, -0.2) is 0 Å². The Balaban J connectivity index is 2.05. The van der Waals surface area contributed by atoms with Gasteiger partial charge in [0.25, 0.3) is 0 Å². The zero-order valence-electron chi connectivity index (χ0n) is 12.8. The van der Waals surface area contributed by atoms with Crippen LogP contribution in [0.3, 0.4) is 0 Å². The molecule has 1 aromatic carbocycles. The third kappa shape index (κ3) is 4.45. The smallest absolute Gasteiger partial charge is 0.184 e. The van der Waals surface area contributed by atoms with Crippen LogP contribution in [0.1, 0.15) is 44.5 Å². The predicted octanol–water partition coefficient (Wildman–Crippen LogP) is 3.72. The van der Waals surface area contributed by atoms with E-state index in [0.717, 1.165) is 24.8 Å². The molecule has 120 valence electrons. The van der Waals surface area contributed by atoms with Crippen LogP contribution in [0.5, 0.6) is 0 Å². The van der Waals surface area contributed by atoms with Crippen LogP contribution in [0.15, 0.2) is 35.4 Å². The highest BCUT2D eigenvalue weighted by molar-refractivity contribution is 5.16. The van der Waals surface area contributed by atoms with E-state index in [1.54, 1.807) is 0 Å². The van der Waals surface area contributed by atoms with Gasteiger partial charge in [-0.15, -0.1) is 0 Å². The Morgan fingerprint density at radius 2 is 2.14 bits per heavy atom. The Labute approximate surface area is 130 Å². The average molecular weight is 305 g/mol. The van der Waals surface area contributed by atoms with Gasteiger partial charge in [-0.05, 0) is 12.0 Å². The molecule has 1 aromatic rings. The van der Waals surface area contributed by atoms with E-state index in [9.17, 15) is 5.11 Å². The molecule has 0 aliphatic carbocycles. The molecule has 0 radical (unpaired) electrons. The number of aliphatic hydroxyl groups is 1. The van der Waals surface area contributed by atoms with Gasteiger partial charge in [-0.2, -0.15) is 0 Å². The third-order valence-electron chi connectivity index (χ3n) is 3.83. The lowest BCUT2D eigenvalue weighted by molar-refractivity contribution is -0.245. The van der Waals surface area contributed by atoms with E-state index in [-0.39, 0.29) is 6.61 Å². The monoisotopic (exact) mass is 305 g/mol. The molecule has 22 heavy (non-hydrogen) atoms. The lowest BCUT2D eigenvalue weighted by atomic mass is 9.99. The second kappa shape index (κ2) is 8.76. The summed E-state index contributed by atoms with van der Waals surface area (Å²) in [6, 6.07) is 9.08. The largest absolute Gasteiger partial charge is 0.390 e. The van der Waals surface area contributed by atoms with Gasteiger partial charge < -0.3 is 14.6 Å². The van der Waals surface area contributed by atoms with E-state index in [4.69, 9.17) is 15.0 Å². The molecule has 2 rings (SSSR count). The number of hydrogen-bond donors (Lipinski definition) is 1. The maximum absolute atomic E-state index is 10.4. The standard InChI is InChI=1S/C16H23N3O3/c1-2-3-5-10-14(20)15-13(18-19-17)11-21-16(22-15)12-8-6-4-7-9-12/h4,6-9,13-16,20H,2-3,5,10-11H2,1H3/t13?,14-,15?,16?/m1/s1. The summed E-state index contributed by atoms with van der Waals surface area (Å²) >= 11 is 0. The number of rotatable bonds is 7. The van der Waals surface area contributed by atoms with Crippen molar-refractivity contribution in [3.63, 3.8) is 0 Å². The second-order valence-electron chi connectivity index (χ2n) is 5.51. The number of unbranched alkanes of at least 4 members (excludes halogenated alkanes) is 2. The van der Waals surface area contributed by atoms with Crippen molar-refractivity contribution < 1.29 is 14.6 Å². The Morgan fingerprint density at radius 1 is 1.36 bits per heavy atom. The molecule has 1 fully saturated rings. The fourth-order valence-corrected chi connectivity index (χ4v) is 2.62. The van der Waals surface area contributed by atoms with Gasteiger partial charge in [0.05, 0.1) is 24.9 Å². The number of hydrogen-bond acceptors (Lipinski definition) is 4. The molecule has 6 nitrogen and oxygen atoms in total. The SMILES string of the molecule is CCCCC[C@@H](O)C1OC(c2ccccc2)OCC1N=[N+]=[N-]. The Bertz CT molecular complexity index is 491. The van der Waals surface area contributed by atoms with Crippen LogP contribution in [-0.4, -0.2) is 30.0 Å². The normalized spacial score (nSPS) is 26.2. The zero-order chi connectivity index (χ0) is 15.8. The van der Waals surface area contributed by atoms with Gasteiger partial charge in [-0.1, -0.05) is 61.6 Å². The van der Waals surface area contributed by atoms with E-state index in [2.05, 4.69) is 16.9 Å². The van der Waals surface area contributed by atoms with E-state index in [0.29, 0.717) is 6.42 Å². The minimum atomic E-state index is -0.655. The molecule has 4 atom stereocenters. The summed E-state index contributed by atoms with van der Waals surface area (Å²) in [7, 11) is 0. The van der Waals surface area contributed by atoms with Gasteiger partial charge in [0, 0.05) is 10.5 Å². The highest BCUT2D eigenvalue weighted by atomic mass is 16.7. The van der Waals surface area contributed by atoms with Gasteiger partial charge in [0.15, 0.2) is 6.29 Å². The maximum Gasteiger partial charge on any atom is 0.184 e. The van der Waals surface area contributed by atoms with E-state index in [1.165, 1.54) is 0 Å². The molecule has 0 aromatic heterocycles. The van der Waals surface area contributed by atoms with Gasteiger partial charge in [0.1, 0.15) is 0 Å². The van der Waals surface area contributed by atoms with Crippen molar-refractivity contribution in [2.24, 2.45) is 5.11 Å². The molecule has 0 amide bonds. The number of nitrogens with zero attached hydrogens (tertiary/aromatic N) is 3. The van der Waals surface area contributed by atoms with Crippen LogP contribution in [0.25, 0.3) is 10.4 Å². The van der Waals surface area contributed by atoms with E-state index >= 15 is 0 Å².